The number of anilines is 3. The van der Waals surface area contributed by atoms with Gasteiger partial charge in [0.2, 0.25) is 5.91 Å². The molecular formula is C32H30IN3O5. The zero-order chi connectivity index (χ0) is 29.0. The van der Waals surface area contributed by atoms with E-state index < -0.39 is 18.3 Å². The van der Waals surface area contributed by atoms with E-state index in [9.17, 15) is 14.7 Å². The highest BCUT2D eigenvalue weighted by Gasteiger charge is 2.31. The molecule has 9 heteroatoms. The van der Waals surface area contributed by atoms with E-state index in [2.05, 4.69) is 33.2 Å². The first-order valence-corrected chi connectivity index (χ1v) is 14.0. The zero-order valence-corrected chi connectivity index (χ0v) is 24.2. The molecule has 0 saturated carbocycles. The lowest BCUT2D eigenvalue weighted by Gasteiger charge is -2.28. The molecular weight excluding hydrogens is 633 g/mol. The van der Waals surface area contributed by atoms with Crippen LogP contribution in [0.4, 0.5) is 21.9 Å². The molecule has 0 aliphatic carbocycles. The van der Waals surface area contributed by atoms with E-state index in [1.54, 1.807) is 84.9 Å². The van der Waals surface area contributed by atoms with Crippen molar-refractivity contribution in [3.8, 4) is 11.5 Å². The Balaban J connectivity index is 1.55. The molecule has 4 aromatic carbocycles. The number of hydrogen-bond donors (Lipinski definition) is 4. The number of phenols is 1. The number of allylic oxidation sites excluding steroid dienone is 1. The van der Waals surface area contributed by atoms with E-state index in [0.717, 1.165) is 3.57 Å². The first-order valence-electron chi connectivity index (χ1n) is 12.9. The predicted octanol–water partition coefficient (Wildman–Crippen LogP) is 7.29. The van der Waals surface area contributed by atoms with Gasteiger partial charge in [-0.1, -0.05) is 54.6 Å². The number of aromatic hydroxyl groups is 1. The Bertz CT molecular complexity index is 1480. The zero-order valence-electron chi connectivity index (χ0n) is 22.1. The Morgan fingerprint density at radius 2 is 1.59 bits per heavy atom. The second-order valence-electron chi connectivity index (χ2n) is 9.05. The number of nitrogens with two attached hydrogens (primary N) is 1. The van der Waals surface area contributed by atoms with E-state index in [-0.39, 0.29) is 11.7 Å². The molecule has 0 aliphatic rings. The van der Waals surface area contributed by atoms with Crippen molar-refractivity contribution >= 4 is 51.7 Å². The highest BCUT2D eigenvalue weighted by molar-refractivity contribution is 14.1. The number of nitrogens with one attached hydrogen (secondary N) is 2. The van der Waals surface area contributed by atoms with Crippen LogP contribution in [0.5, 0.6) is 11.5 Å². The van der Waals surface area contributed by atoms with Crippen LogP contribution in [0.25, 0.3) is 0 Å². The Hall–Kier alpha value is -4.51. The van der Waals surface area contributed by atoms with Gasteiger partial charge in [0.25, 0.3) is 0 Å². The number of amides is 2. The minimum Gasteiger partial charge on any atom is -0.508 e. The molecule has 0 heterocycles. The molecule has 8 nitrogen and oxygen atoms in total. The normalized spacial score (nSPS) is 12.3. The summed E-state index contributed by atoms with van der Waals surface area (Å²) in [6, 6.07) is 30.2. The van der Waals surface area contributed by atoms with Crippen molar-refractivity contribution in [3.63, 3.8) is 0 Å². The van der Waals surface area contributed by atoms with Crippen LogP contribution in [-0.4, -0.2) is 23.2 Å². The third-order valence-corrected chi connectivity index (χ3v) is 6.70. The molecule has 0 aromatic heterocycles. The number of hydrogen-bond acceptors (Lipinski definition) is 6. The maximum Gasteiger partial charge on any atom is 0.412 e. The Kier molecular flexibility index (Phi) is 10.6. The number of halogens is 1. The van der Waals surface area contributed by atoms with Gasteiger partial charge < -0.3 is 25.6 Å². The van der Waals surface area contributed by atoms with Crippen molar-refractivity contribution in [3.05, 3.63) is 124 Å². The topological polar surface area (TPSA) is 123 Å². The van der Waals surface area contributed by atoms with Crippen molar-refractivity contribution in [2.45, 2.75) is 25.0 Å². The summed E-state index contributed by atoms with van der Waals surface area (Å²) in [5.74, 6) is 0.217. The molecule has 0 spiro atoms. The fraction of sp³-hybridized carbons (Fsp3) is 0.125. The van der Waals surface area contributed by atoms with E-state index in [0.29, 0.717) is 41.2 Å². The van der Waals surface area contributed by atoms with Crippen molar-refractivity contribution in [2.75, 3.05) is 16.4 Å². The standard InChI is InChI=1S/C32H30IN3O5/c33-22-19-20-28(37)25(21-22)31(41-32(39)35-23-11-3-1-4-12-23)29(40-24-13-5-2-6-14-24)17-9-10-18-30(38)36-27-16-8-7-15-26(27)34/h1-8,10-16,18-21,29,31,37H,9,17,34H2,(H,35,39)(H,36,38)/b18-10+/t29-,31-/m1/s1. The number of carbonyl (C=O) groups is 2. The van der Waals surface area contributed by atoms with E-state index in [4.69, 9.17) is 15.2 Å². The Morgan fingerprint density at radius 1 is 0.902 bits per heavy atom. The highest BCUT2D eigenvalue weighted by atomic mass is 127. The molecule has 0 radical (unpaired) electrons. The minimum absolute atomic E-state index is 0.0278. The molecule has 0 aliphatic heterocycles. The lowest BCUT2D eigenvalue weighted by molar-refractivity contribution is -0.111. The Labute approximate surface area is 252 Å². The summed E-state index contributed by atoms with van der Waals surface area (Å²) in [5, 5.41) is 16.3. The van der Waals surface area contributed by atoms with Crippen molar-refractivity contribution in [2.24, 2.45) is 0 Å². The quantitative estimate of drug-likeness (QED) is 0.0760. The van der Waals surface area contributed by atoms with Gasteiger partial charge in [0, 0.05) is 14.8 Å². The molecule has 2 amide bonds. The summed E-state index contributed by atoms with van der Waals surface area (Å²) in [6.45, 7) is 0. The summed E-state index contributed by atoms with van der Waals surface area (Å²) < 4.78 is 13.1. The third-order valence-electron chi connectivity index (χ3n) is 6.02. The highest BCUT2D eigenvalue weighted by Crippen LogP contribution is 2.35. The van der Waals surface area contributed by atoms with Gasteiger partial charge in [-0.2, -0.15) is 0 Å². The predicted molar refractivity (Wildman–Crippen MR) is 169 cm³/mol. The smallest absolute Gasteiger partial charge is 0.412 e. The van der Waals surface area contributed by atoms with Gasteiger partial charge in [0.15, 0.2) is 6.10 Å². The fourth-order valence-corrected chi connectivity index (χ4v) is 4.57. The lowest BCUT2D eigenvalue weighted by Crippen LogP contribution is -2.31. The molecule has 4 rings (SSSR count). The number of ether oxygens (including phenoxy) is 2. The molecule has 5 N–H and O–H groups in total. The summed E-state index contributed by atoms with van der Waals surface area (Å²) in [7, 11) is 0. The summed E-state index contributed by atoms with van der Waals surface area (Å²) in [5.41, 5.74) is 7.88. The first kappa shape index (κ1) is 29.5. The average molecular weight is 664 g/mol. The summed E-state index contributed by atoms with van der Waals surface area (Å²) in [6.07, 6.45) is 1.54. The van der Waals surface area contributed by atoms with Gasteiger partial charge in [0.1, 0.15) is 17.6 Å². The van der Waals surface area contributed by atoms with Crippen molar-refractivity contribution in [1.29, 1.82) is 0 Å². The maximum absolute atomic E-state index is 13.0. The van der Waals surface area contributed by atoms with Gasteiger partial charge in [-0.15, -0.1) is 0 Å². The molecule has 0 fully saturated rings. The number of nitrogen functional groups attached to an aromatic ring is 1. The van der Waals surface area contributed by atoms with Crippen LogP contribution in [0.1, 0.15) is 24.5 Å². The van der Waals surface area contributed by atoms with Crippen LogP contribution in [0.3, 0.4) is 0 Å². The number of rotatable bonds is 11. The van der Waals surface area contributed by atoms with Crippen LogP contribution >= 0.6 is 22.6 Å². The SMILES string of the molecule is Nc1ccccc1NC(=O)/C=C/CC[C@@H](Oc1ccccc1)[C@H](OC(=O)Nc1ccccc1)c1cc(I)ccc1O. The average Bonchev–Trinajstić information content (AvgIpc) is 2.97. The molecule has 0 saturated heterocycles. The van der Waals surface area contributed by atoms with Crippen LogP contribution in [-0.2, 0) is 9.53 Å². The number of carbonyl (C=O) groups excluding carboxylic acids is 2. The molecule has 2 atom stereocenters. The van der Waals surface area contributed by atoms with Crippen LogP contribution in [0, 0.1) is 3.57 Å². The van der Waals surface area contributed by atoms with Crippen LogP contribution in [0.2, 0.25) is 0 Å². The minimum atomic E-state index is -0.972. The molecule has 41 heavy (non-hydrogen) atoms. The van der Waals surface area contributed by atoms with Gasteiger partial charge in [-0.25, -0.2) is 4.79 Å². The molecule has 0 bridgehead atoms. The second kappa shape index (κ2) is 14.8. The van der Waals surface area contributed by atoms with E-state index >= 15 is 0 Å². The van der Waals surface area contributed by atoms with E-state index in [1.165, 1.54) is 6.08 Å². The molecule has 4 aromatic rings. The van der Waals surface area contributed by atoms with Gasteiger partial charge >= 0.3 is 6.09 Å². The lowest BCUT2D eigenvalue weighted by atomic mass is 9.99. The monoisotopic (exact) mass is 663 g/mol. The third kappa shape index (κ3) is 9.00. The van der Waals surface area contributed by atoms with Gasteiger partial charge in [0.05, 0.1) is 11.4 Å². The molecule has 210 valence electrons. The fourth-order valence-electron chi connectivity index (χ4n) is 4.06. The Morgan fingerprint density at radius 3 is 2.32 bits per heavy atom. The largest absolute Gasteiger partial charge is 0.508 e. The summed E-state index contributed by atoms with van der Waals surface area (Å²) >= 11 is 2.14. The second-order valence-corrected chi connectivity index (χ2v) is 10.3. The van der Waals surface area contributed by atoms with E-state index in [1.807, 2.05) is 24.3 Å². The number of benzene rings is 4. The van der Waals surface area contributed by atoms with Crippen molar-refractivity contribution in [1.82, 2.24) is 0 Å². The summed E-state index contributed by atoms with van der Waals surface area (Å²) in [4.78, 5) is 25.5. The van der Waals surface area contributed by atoms with Gasteiger partial charge in [-0.05, 0) is 96.1 Å². The number of phenolic OH excluding ortho intramolecular Hbond substituents is 1. The van der Waals surface area contributed by atoms with Crippen LogP contribution < -0.4 is 21.1 Å². The first-order chi connectivity index (χ1) is 19.9. The molecule has 0 unspecified atom stereocenters. The van der Waals surface area contributed by atoms with Gasteiger partial charge in [-0.3, -0.25) is 10.1 Å². The number of para-hydroxylation sites is 4. The van der Waals surface area contributed by atoms with Crippen LogP contribution in [0.15, 0.2) is 115 Å². The maximum atomic E-state index is 13.0. The van der Waals surface area contributed by atoms with Crippen molar-refractivity contribution < 1.29 is 24.2 Å².